The van der Waals surface area contributed by atoms with Crippen LogP contribution in [0, 0.1) is 0 Å². The summed E-state index contributed by atoms with van der Waals surface area (Å²) < 4.78 is 0. The number of carbonyl (C=O) groups excluding carboxylic acids is 2. The fraction of sp³-hybridized carbons (Fsp3) is 0.727. The normalized spacial score (nSPS) is 10.1. The summed E-state index contributed by atoms with van der Waals surface area (Å²) in [5.74, 6) is -1.21. The van der Waals surface area contributed by atoms with Crippen LogP contribution in [0.2, 0.25) is 0 Å². The number of likely N-dealkylation sites (N-methyl/N-ethyl adjacent to an activating group) is 1. The first-order valence-electron chi connectivity index (χ1n) is 5.71. The lowest BCUT2D eigenvalue weighted by molar-refractivity contribution is -0.137. The molecule has 0 aromatic rings. The molecule has 0 aromatic carbocycles. The van der Waals surface area contributed by atoms with Crippen LogP contribution in [0.25, 0.3) is 0 Å². The topological polar surface area (TPSA) is 90.0 Å². The zero-order valence-corrected chi connectivity index (χ0v) is 11.3. The Balaban J connectivity index is 4.16. The number of nitrogens with zero attached hydrogens (tertiary/aromatic N) is 2. The lowest BCUT2D eigenvalue weighted by Gasteiger charge is -2.24. The molecule has 0 unspecified atom stereocenters. The average Bonchev–Trinajstić information content (AvgIpc) is 2.23. The van der Waals surface area contributed by atoms with Crippen molar-refractivity contribution in [1.82, 2.24) is 15.1 Å². The van der Waals surface area contributed by atoms with Crippen LogP contribution in [-0.4, -0.2) is 66.0 Å². The highest BCUT2D eigenvalue weighted by molar-refractivity contribution is 5.84. The smallest absolute Gasteiger partial charge is 0.319 e. The van der Waals surface area contributed by atoms with E-state index in [9.17, 15) is 14.4 Å². The van der Waals surface area contributed by atoms with Crippen molar-refractivity contribution in [3.63, 3.8) is 0 Å². The van der Waals surface area contributed by atoms with Crippen molar-refractivity contribution in [2.75, 3.05) is 27.2 Å². The van der Waals surface area contributed by atoms with Crippen LogP contribution < -0.4 is 5.32 Å². The van der Waals surface area contributed by atoms with Crippen LogP contribution in [0.15, 0.2) is 0 Å². The summed E-state index contributed by atoms with van der Waals surface area (Å²) in [6, 6.07) is -0.360. The number of hydrogen-bond acceptors (Lipinski definition) is 3. The van der Waals surface area contributed by atoms with Crippen LogP contribution in [0.5, 0.6) is 0 Å². The third kappa shape index (κ3) is 6.72. The van der Waals surface area contributed by atoms with E-state index in [1.165, 1.54) is 23.9 Å². The largest absolute Gasteiger partial charge is 0.481 e. The fourth-order valence-corrected chi connectivity index (χ4v) is 1.30. The maximum atomic E-state index is 11.8. The molecule has 0 atom stereocenters. The van der Waals surface area contributed by atoms with Gasteiger partial charge in [-0.2, -0.15) is 0 Å². The number of aliphatic carboxylic acids is 1. The Morgan fingerprint density at radius 3 is 2.17 bits per heavy atom. The summed E-state index contributed by atoms with van der Waals surface area (Å²) in [4.78, 5) is 36.1. The van der Waals surface area contributed by atoms with E-state index in [0.29, 0.717) is 0 Å². The molecule has 7 heteroatoms. The maximum Gasteiger partial charge on any atom is 0.319 e. The number of urea groups is 1. The van der Waals surface area contributed by atoms with Crippen molar-refractivity contribution in [2.45, 2.75) is 26.3 Å². The van der Waals surface area contributed by atoms with Crippen LogP contribution in [0.4, 0.5) is 4.79 Å². The second kappa shape index (κ2) is 7.52. The van der Waals surface area contributed by atoms with Gasteiger partial charge in [-0.15, -0.1) is 0 Å². The standard InChI is InChI=1S/C11H21N3O4/c1-8(2)12-9(15)7-14(4)11(18)13(3)6-5-10(16)17/h8H,5-7H2,1-4H3,(H,12,15)(H,16,17). The molecule has 0 spiro atoms. The number of carboxylic acids is 1. The van der Waals surface area contributed by atoms with E-state index in [2.05, 4.69) is 5.32 Å². The van der Waals surface area contributed by atoms with Gasteiger partial charge < -0.3 is 20.2 Å². The Labute approximate surface area is 107 Å². The molecule has 0 saturated heterocycles. The number of carbonyl (C=O) groups is 3. The summed E-state index contributed by atoms with van der Waals surface area (Å²) >= 11 is 0. The molecule has 0 aliphatic carbocycles. The molecule has 2 N–H and O–H groups in total. The van der Waals surface area contributed by atoms with Crippen LogP contribution in [0.3, 0.4) is 0 Å². The molecule has 3 amide bonds. The number of rotatable bonds is 6. The molecule has 0 aromatic heterocycles. The Hall–Kier alpha value is -1.79. The lowest BCUT2D eigenvalue weighted by Crippen LogP contribution is -2.45. The van der Waals surface area contributed by atoms with Gasteiger partial charge in [0.1, 0.15) is 6.54 Å². The van der Waals surface area contributed by atoms with Crippen LogP contribution in [-0.2, 0) is 9.59 Å². The Kier molecular flexibility index (Phi) is 6.77. The van der Waals surface area contributed by atoms with Gasteiger partial charge in [0.2, 0.25) is 5.91 Å². The third-order valence-corrected chi connectivity index (χ3v) is 2.14. The predicted octanol–water partition coefficient (Wildman–Crippen LogP) is -0.0307. The molecule has 0 rings (SSSR count). The maximum absolute atomic E-state index is 11.8. The Bertz CT molecular complexity index is 317. The number of hydrogen-bond donors (Lipinski definition) is 2. The molecule has 7 nitrogen and oxygen atoms in total. The Morgan fingerprint density at radius 1 is 1.17 bits per heavy atom. The van der Waals surface area contributed by atoms with Crippen molar-refractivity contribution in [2.24, 2.45) is 0 Å². The van der Waals surface area contributed by atoms with Gasteiger partial charge in [0.15, 0.2) is 0 Å². The first-order chi connectivity index (χ1) is 8.23. The highest BCUT2D eigenvalue weighted by Gasteiger charge is 2.17. The van der Waals surface area contributed by atoms with Gasteiger partial charge in [-0.1, -0.05) is 0 Å². The fourth-order valence-electron chi connectivity index (χ4n) is 1.30. The molecule has 0 bridgehead atoms. The number of nitrogens with one attached hydrogen (secondary N) is 1. The molecule has 0 aliphatic heterocycles. The summed E-state index contributed by atoms with van der Waals surface area (Å²) in [6.45, 7) is 3.73. The second-order valence-corrected chi connectivity index (χ2v) is 4.43. The SMILES string of the molecule is CC(C)NC(=O)CN(C)C(=O)N(C)CCC(=O)O. The monoisotopic (exact) mass is 259 g/mol. The van der Waals surface area contributed by atoms with Crippen molar-refractivity contribution < 1.29 is 19.5 Å². The first-order valence-corrected chi connectivity index (χ1v) is 5.71. The van der Waals surface area contributed by atoms with Gasteiger partial charge in [-0.05, 0) is 13.8 Å². The van der Waals surface area contributed by atoms with Gasteiger partial charge in [-0.3, -0.25) is 9.59 Å². The number of amides is 3. The minimum absolute atomic E-state index is 0.0192. The number of carboxylic acid groups (broad SMARTS) is 1. The minimum Gasteiger partial charge on any atom is -0.481 e. The molecular weight excluding hydrogens is 238 g/mol. The highest BCUT2D eigenvalue weighted by Crippen LogP contribution is 1.96. The van der Waals surface area contributed by atoms with E-state index in [1.807, 2.05) is 13.8 Å². The summed E-state index contributed by atoms with van der Waals surface area (Å²) in [7, 11) is 3.00. The zero-order valence-electron chi connectivity index (χ0n) is 11.3. The molecule has 104 valence electrons. The van der Waals surface area contributed by atoms with E-state index in [-0.39, 0.29) is 37.5 Å². The molecule has 18 heavy (non-hydrogen) atoms. The zero-order chi connectivity index (χ0) is 14.3. The molecule has 0 radical (unpaired) electrons. The molecule has 0 fully saturated rings. The quantitative estimate of drug-likeness (QED) is 0.701. The van der Waals surface area contributed by atoms with Crippen LogP contribution in [0.1, 0.15) is 20.3 Å². The van der Waals surface area contributed by atoms with Gasteiger partial charge >= 0.3 is 12.0 Å². The van der Waals surface area contributed by atoms with Gasteiger partial charge in [0.25, 0.3) is 0 Å². The molecule has 0 aliphatic rings. The van der Waals surface area contributed by atoms with E-state index in [4.69, 9.17) is 5.11 Å². The van der Waals surface area contributed by atoms with Gasteiger partial charge in [-0.25, -0.2) is 4.79 Å². The second-order valence-electron chi connectivity index (χ2n) is 4.43. The van der Waals surface area contributed by atoms with E-state index in [1.54, 1.807) is 0 Å². The third-order valence-electron chi connectivity index (χ3n) is 2.14. The van der Waals surface area contributed by atoms with Gasteiger partial charge in [0.05, 0.1) is 6.42 Å². The predicted molar refractivity (Wildman–Crippen MR) is 66.2 cm³/mol. The van der Waals surface area contributed by atoms with Crippen molar-refractivity contribution in [3.8, 4) is 0 Å². The van der Waals surface area contributed by atoms with Gasteiger partial charge in [0, 0.05) is 26.7 Å². The molecular formula is C11H21N3O4. The van der Waals surface area contributed by atoms with E-state index >= 15 is 0 Å². The average molecular weight is 259 g/mol. The van der Waals surface area contributed by atoms with Crippen molar-refractivity contribution >= 4 is 17.9 Å². The molecule has 0 saturated carbocycles. The first kappa shape index (κ1) is 16.2. The summed E-state index contributed by atoms with van der Waals surface area (Å²) in [6.07, 6.45) is -0.117. The highest BCUT2D eigenvalue weighted by atomic mass is 16.4. The van der Waals surface area contributed by atoms with E-state index < -0.39 is 5.97 Å². The summed E-state index contributed by atoms with van der Waals surface area (Å²) in [5.41, 5.74) is 0. The van der Waals surface area contributed by atoms with Crippen LogP contribution >= 0.6 is 0 Å². The van der Waals surface area contributed by atoms with E-state index in [0.717, 1.165) is 0 Å². The molecule has 0 heterocycles. The lowest BCUT2D eigenvalue weighted by atomic mass is 10.4. The van der Waals surface area contributed by atoms with Crippen molar-refractivity contribution in [1.29, 1.82) is 0 Å². The Morgan fingerprint density at radius 2 is 1.72 bits per heavy atom. The van der Waals surface area contributed by atoms with Crippen molar-refractivity contribution in [3.05, 3.63) is 0 Å². The summed E-state index contributed by atoms with van der Waals surface area (Å²) in [5, 5.41) is 11.2. The minimum atomic E-state index is -0.963.